The fourth-order valence-electron chi connectivity index (χ4n) is 7.95. The number of carbonyl (C=O) groups excluding carboxylic acids is 5. The van der Waals surface area contributed by atoms with Gasteiger partial charge in [0.2, 0.25) is 23.6 Å². The van der Waals surface area contributed by atoms with Crippen molar-refractivity contribution in [3.63, 3.8) is 0 Å². The molecular weight excluding hydrogens is 885 g/mol. The maximum absolute atomic E-state index is 13.4. The molecule has 7 rings (SSSR count). The van der Waals surface area contributed by atoms with Crippen molar-refractivity contribution < 1.29 is 48.1 Å². The number of aromatic amines is 2. The Bertz CT molecular complexity index is 2840. The van der Waals surface area contributed by atoms with Crippen LogP contribution in [0.1, 0.15) is 82.6 Å². The molecule has 1 aliphatic heterocycles. The molecule has 4 amide bonds. The molecule has 0 saturated carbocycles. The molecular formula is C51H60N8O10. The van der Waals surface area contributed by atoms with Gasteiger partial charge in [-0.3, -0.25) is 39.0 Å². The summed E-state index contributed by atoms with van der Waals surface area (Å²) in [6.07, 6.45) is 4.23. The highest BCUT2D eigenvalue weighted by Gasteiger charge is 2.45. The first-order valence-corrected chi connectivity index (χ1v) is 22.5. The lowest BCUT2D eigenvalue weighted by atomic mass is 10.1. The predicted molar refractivity (Wildman–Crippen MR) is 261 cm³/mol. The van der Waals surface area contributed by atoms with Crippen LogP contribution in [0.3, 0.4) is 0 Å². The molecule has 3 heterocycles. The van der Waals surface area contributed by atoms with Crippen LogP contribution in [0.4, 0.5) is 11.4 Å². The molecule has 1 aliphatic rings. The van der Waals surface area contributed by atoms with Crippen LogP contribution in [-0.2, 0) is 59.6 Å². The summed E-state index contributed by atoms with van der Waals surface area (Å²) >= 11 is 0. The number of primary amides is 2. The molecule has 2 aromatic heterocycles. The van der Waals surface area contributed by atoms with Crippen molar-refractivity contribution in [3.05, 3.63) is 120 Å². The first kappa shape index (κ1) is 50.7. The van der Waals surface area contributed by atoms with Crippen molar-refractivity contribution in [3.8, 4) is 11.5 Å². The van der Waals surface area contributed by atoms with Gasteiger partial charge in [0.15, 0.2) is 0 Å². The number of amides is 4. The number of rotatable bonds is 19. The van der Waals surface area contributed by atoms with Gasteiger partial charge in [-0.25, -0.2) is 0 Å². The Kier molecular flexibility index (Phi) is 16.1. The molecule has 69 heavy (non-hydrogen) atoms. The number of carboxylic acids is 1. The monoisotopic (exact) mass is 944 g/mol. The number of benzene rings is 4. The number of hydrogen-bond acceptors (Lipinski definition) is 11. The van der Waals surface area contributed by atoms with E-state index >= 15 is 0 Å². The Labute approximate surface area is 399 Å². The standard InChI is InChI=1S/C29H36N4O5.C22H24N4O5/c1-28(2,3)38-26(35)12-11-24-27(36)33(29(4,5)32-24)20-8-6-7-18(13-20)17-37-21-9-10-23-22(15-21)19(16-31-23)14-25(30)34;23-18(5-7-21(28)29)22(30)26-15-3-1-2-13(8-15)12-31-16-4-6-19-17(10-16)14(11-25-19)9-20(24)27/h6-10,13,15-16,24,31-32H,11-12,14,17H2,1-5H3,(H2,30,34);1-4,6,8,10-11,18,25H,5,7,9,12,23H2,(H2,24,27)(H,26,30)(H,28,29)/t24-;18-/m00/s1. The fraction of sp³-hybridized carbons (Fsp3) is 0.333. The van der Waals surface area contributed by atoms with E-state index in [-0.39, 0.29) is 50.6 Å². The van der Waals surface area contributed by atoms with Crippen LogP contribution in [0.25, 0.3) is 21.8 Å². The van der Waals surface area contributed by atoms with E-state index in [1.807, 2.05) is 101 Å². The topological polar surface area (TPSA) is 287 Å². The molecule has 0 radical (unpaired) electrons. The van der Waals surface area contributed by atoms with Crippen molar-refractivity contribution in [1.29, 1.82) is 0 Å². The molecule has 18 heteroatoms. The van der Waals surface area contributed by atoms with E-state index in [1.165, 1.54) is 0 Å². The fourth-order valence-corrected chi connectivity index (χ4v) is 7.95. The van der Waals surface area contributed by atoms with Gasteiger partial charge in [0.05, 0.1) is 30.6 Å². The zero-order valence-electron chi connectivity index (χ0n) is 39.3. The Morgan fingerprint density at radius 1 is 0.783 bits per heavy atom. The van der Waals surface area contributed by atoms with Gasteiger partial charge in [0, 0.05) is 58.4 Å². The van der Waals surface area contributed by atoms with E-state index in [0.717, 1.165) is 49.7 Å². The highest BCUT2D eigenvalue weighted by atomic mass is 16.6. The van der Waals surface area contributed by atoms with Crippen LogP contribution in [0, 0.1) is 0 Å². The molecule has 0 unspecified atom stereocenters. The molecule has 0 aliphatic carbocycles. The molecule has 18 nitrogen and oxygen atoms in total. The third kappa shape index (κ3) is 14.2. The summed E-state index contributed by atoms with van der Waals surface area (Å²) in [5, 5.41) is 16.5. The molecule has 4 aromatic carbocycles. The van der Waals surface area contributed by atoms with Gasteiger partial charge in [-0.15, -0.1) is 0 Å². The molecule has 0 bridgehead atoms. The number of H-pyrrole nitrogens is 2. The van der Waals surface area contributed by atoms with Gasteiger partial charge in [-0.1, -0.05) is 24.3 Å². The van der Waals surface area contributed by atoms with Crippen molar-refractivity contribution in [2.24, 2.45) is 17.2 Å². The molecule has 6 aromatic rings. The molecule has 1 fully saturated rings. The SMILES string of the molecule is CC(C)(C)OC(=O)CC[C@@H]1NC(C)(C)N(c2cccc(COc3ccc4[nH]cc(CC(N)=O)c4c3)c2)C1=O.NC(=O)Cc1c[nH]c2ccc(OCc3cccc(NC(=O)[C@@H](N)CCC(=O)O)c3)cc12. The highest BCUT2D eigenvalue weighted by Crippen LogP contribution is 2.32. The van der Waals surface area contributed by atoms with E-state index in [0.29, 0.717) is 30.2 Å². The number of aliphatic carboxylic acids is 1. The van der Waals surface area contributed by atoms with Crippen LogP contribution in [0.2, 0.25) is 0 Å². The van der Waals surface area contributed by atoms with Gasteiger partial charge >= 0.3 is 11.9 Å². The molecule has 2 atom stereocenters. The second-order valence-corrected chi connectivity index (χ2v) is 18.4. The lowest BCUT2D eigenvalue weighted by molar-refractivity contribution is -0.155. The van der Waals surface area contributed by atoms with Gasteiger partial charge in [-0.05, 0) is 130 Å². The Balaban J connectivity index is 0.000000232. The zero-order valence-corrected chi connectivity index (χ0v) is 39.3. The summed E-state index contributed by atoms with van der Waals surface area (Å²) in [6.45, 7) is 9.92. The van der Waals surface area contributed by atoms with Crippen LogP contribution in [-0.4, -0.2) is 74.0 Å². The summed E-state index contributed by atoms with van der Waals surface area (Å²) in [5.41, 5.74) is 21.6. The lowest BCUT2D eigenvalue weighted by Gasteiger charge is -2.31. The minimum Gasteiger partial charge on any atom is -0.489 e. The van der Waals surface area contributed by atoms with E-state index in [1.54, 1.807) is 35.5 Å². The number of nitrogens with two attached hydrogens (primary N) is 3. The largest absolute Gasteiger partial charge is 0.489 e. The van der Waals surface area contributed by atoms with Crippen LogP contribution in [0.15, 0.2) is 97.3 Å². The number of carboxylic acid groups (broad SMARTS) is 1. The number of fused-ring (bicyclic) bond motifs is 2. The molecule has 11 N–H and O–H groups in total. The molecule has 0 spiro atoms. The summed E-state index contributed by atoms with van der Waals surface area (Å²) in [6, 6.07) is 24.6. The summed E-state index contributed by atoms with van der Waals surface area (Å²) < 4.78 is 17.3. The van der Waals surface area contributed by atoms with Crippen LogP contribution < -0.4 is 42.2 Å². The smallest absolute Gasteiger partial charge is 0.306 e. The predicted octanol–water partition coefficient (Wildman–Crippen LogP) is 5.84. The van der Waals surface area contributed by atoms with E-state index in [4.69, 9.17) is 36.5 Å². The first-order chi connectivity index (χ1) is 32.6. The normalized spacial score (nSPS) is 14.7. The quantitative estimate of drug-likeness (QED) is 0.0445. The third-order valence-corrected chi connectivity index (χ3v) is 11.0. The summed E-state index contributed by atoms with van der Waals surface area (Å²) in [5.74, 6) is -1.36. The average molecular weight is 945 g/mol. The Morgan fingerprint density at radius 2 is 1.33 bits per heavy atom. The van der Waals surface area contributed by atoms with Crippen molar-refractivity contribution in [1.82, 2.24) is 15.3 Å². The number of aromatic nitrogens is 2. The maximum Gasteiger partial charge on any atom is 0.306 e. The van der Waals surface area contributed by atoms with Crippen LogP contribution in [0.5, 0.6) is 11.5 Å². The zero-order chi connectivity index (χ0) is 50.0. The number of esters is 1. The number of nitrogens with zero attached hydrogens (tertiary/aromatic N) is 1. The molecule has 364 valence electrons. The summed E-state index contributed by atoms with van der Waals surface area (Å²) in [7, 11) is 0. The van der Waals surface area contributed by atoms with E-state index in [9.17, 15) is 28.8 Å². The minimum atomic E-state index is -0.998. The Morgan fingerprint density at radius 3 is 1.87 bits per heavy atom. The van der Waals surface area contributed by atoms with Crippen molar-refractivity contribution in [2.45, 2.75) is 110 Å². The van der Waals surface area contributed by atoms with Crippen molar-refractivity contribution in [2.75, 3.05) is 10.2 Å². The van der Waals surface area contributed by atoms with Gasteiger partial charge < -0.3 is 51.8 Å². The summed E-state index contributed by atoms with van der Waals surface area (Å²) in [4.78, 5) is 78.9. The number of carbonyl (C=O) groups is 6. The lowest BCUT2D eigenvalue weighted by Crippen LogP contribution is -2.47. The second-order valence-electron chi connectivity index (χ2n) is 18.4. The van der Waals surface area contributed by atoms with Crippen LogP contribution >= 0.6 is 0 Å². The van der Waals surface area contributed by atoms with Gasteiger partial charge in [-0.2, -0.15) is 0 Å². The van der Waals surface area contributed by atoms with Gasteiger partial charge in [0.25, 0.3) is 0 Å². The average Bonchev–Trinajstić information content (AvgIpc) is 3.94. The Hall–Kier alpha value is -7.70. The van der Waals surface area contributed by atoms with E-state index in [2.05, 4.69) is 20.6 Å². The number of nitrogens with one attached hydrogen (secondary N) is 4. The number of hydrogen-bond donors (Lipinski definition) is 8. The van der Waals surface area contributed by atoms with Crippen molar-refractivity contribution >= 4 is 68.7 Å². The second kappa shape index (κ2) is 21.9. The third-order valence-electron chi connectivity index (χ3n) is 11.0. The minimum absolute atomic E-state index is 0.0589. The number of ether oxygens (including phenoxy) is 3. The number of anilines is 2. The highest BCUT2D eigenvalue weighted by molar-refractivity contribution is 6.01. The van der Waals surface area contributed by atoms with E-state index < -0.39 is 47.0 Å². The maximum atomic E-state index is 13.4. The molecule has 1 saturated heterocycles. The first-order valence-electron chi connectivity index (χ1n) is 22.5. The van der Waals surface area contributed by atoms with Gasteiger partial charge in [0.1, 0.15) is 30.3 Å².